The molecular formula is C21H25NO2S. The van der Waals surface area contributed by atoms with E-state index in [2.05, 4.69) is 35.5 Å². The highest BCUT2D eigenvalue weighted by Gasteiger charge is 2.02. The summed E-state index contributed by atoms with van der Waals surface area (Å²) in [5, 5.41) is 4.75. The van der Waals surface area contributed by atoms with Gasteiger partial charge < -0.3 is 10.1 Å². The van der Waals surface area contributed by atoms with Gasteiger partial charge in [-0.25, -0.2) is 4.79 Å². The highest BCUT2D eigenvalue weighted by molar-refractivity contribution is 7.10. The quantitative estimate of drug-likeness (QED) is 0.525. The zero-order valence-electron chi connectivity index (χ0n) is 14.7. The van der Waals surface area contributed by atoms with Crippen molar-refractivity contribution in [3.05, 3.63) is 57.8 Å². The van der Waals surface area contributed by atoms with Crippen LogP contribution >= 0.6 is 11.3 Å². The van der Waals surface area contributed by atoms with E-state index in [1.165, 1.54) is 31.2 Å². The Morgan fingerprint density at radius 2 is 2.00 bits per heavy atom. The molecule has 2 rings (SSSR count). The first-order chi connectivity index (χ1) is 12.3. The predicted molar refractivity (Wildman–Crippen MR) is 104 cm³/mol. The zero-order chi connectivity index (χ0) is 17.7. The average molecular weight is 356 g/mol. The summed E-state index contributed by atoms with van der Waals surface area (Å²) in [7, 11) is 0. The first-order valence-electron chi connectivity index (χ1n) is 8.79. The fourth-order valence-corrected chi connectivity index (χ4v) is 3.22. The Hall–Kier alpha value is -2.25. The second kappa shape index (κ2) is 11.3. The number of ether oxygens (including phenoxy) is 1. The highest BCUT2D eigenvalue weighted by atomic mass is 32.1. The van der Waals surface area contributed by atoms with Gasteiger partial charge in [0.15, 0.2) is 0 Å². The Morgan fingerprint density at radius 3 is 2.80 bits per heavy atom. The van der Waals surface area contributed by atoms with E-state index in [-0.39, 0.29) is 6.61 Å². The number of unbranched alkanes of at least 4 members (excludes halogenated alkanes) is 3. The number of alkyl carbamates (subject to hydrolysis) is 1. The van der Waals surface area contributed by atoms with E-state index >= 15 is 0 Å². The maximum atomic E-state index is 11.6. The molecule has 1 heterocycles. The molecule has 2 aromatic rings. The number of hydrogen-bond donors (Lipinski definition) is 1. The van der Waals surface area contributed by atoms with Crippen molar-refractivity contribution in [2.75, 3.05) is 6.54 Å². The summed E-state index contributed by atoms with van der Waals surface area (Å²) >= 11 is 1.66. The van der Waals surface area contributed by atoms with Crippen molar-refractivity contribution in [2.45, 2.75) is 45.6 Å². The van der Waals surface area contributed by atoms with Crippen molar-refractivity contribution >= 4 is 17.4 Å². The number of nitrogens with one attached hydrogen (secondary N) is 1. The van der Waals surface area contributed by atoms with Crippen molar-refractivity contribution in [3.8, 4) is 11.8 Å². The van der Waals surface area contributed by atoms with Crippen LogP contribution in [0.1, 0.15) is 48.6 Å². The fourth-order valence-electron chi connectivity index (χ4n) is 2.40. The SMILES string of the molecule is CCCCCCc1ccsc1C#CCNC(=O)OCc1ccccc1. The molecule has 0 radical (unpaired) electrons. The minimum absolute atomic E-state index is 0.271. The summed E-state index contributed by atoms with van der Waals surface area (Å²) in [5.41, 5.74) is 2.29. The number of aryl methyl sites for hydroxylation is 1. The number of hydrogen-bond acceptors (Lipinski definition) is 3. The van der Waals surface area contributed by atoms with E-state index in [9.17, 15) is 4.79 Å². The van der Waals surface area contributed by atoms with Crippen LogP contribution in [0.15, 0.2) is 41.8 Å². The molecule has 0 aliphatic carbocycles. The van der Waals surface area contributed by atoms with Crippen molar-refractivity contribution in [1.29, 1.82) is 0 Å². The molecule has 0 atom stereocenters. The summed E-state index contributed by atoms with van der Waals surface area (Å²) in [6.07, 6.45) is 5.67. The highest BCUT2D eigenvalue weighted by Crippen LogP contribution is 2.18. The largest absolute Gasteiger partial charge is 0.445 e. The lowest BCUT2D eigenvalue weighted by Crippen LogP contribution is -2.24. The van der Waals surface area contributed by atoms with Gasteiger partial charge >= 0.3 is 6.09 Å². The number of amides is 1. The maximum Gasteiger partial charge on any atom is 0.408 e. The Bertz CT molecular complexity index is 697. The minimum Gasteiger partial charge on any atom is -0.445 e. The molecule has 0 saturated carbocycles. The smallest absolute Gasteiger partial charge is 0.408 e. The van der Waals surface area contributed by atoms with Gasteiger partial charge in [0.2, 0.25) is 0 Å². The van der Waals surface area contributed by atoms with Gasteiger partial charge in [0.1, 0.15) is 6.61 Å². The maximum absolute atomic E-state index is 11.6. The van der Waals surface area contributed by atoms with Crippen LogP contribution in [0.2, 0.25) is 0 Å². The molecule has 132 valence electrons. The lowest BCUT2D eigenvalue weighted by atomic mass is 10.1. The molecule has 1 aromatic carbocycles. The third-order valence-electron chi connectivity index (χ3n) is 3.78. The number of carbonyl (C=O) groups excluding carboxylic acids is 1. The van der Waals surface area contributed by atoms with E-state index in [1.807, 2.05) is 30.3 Å². The molecule has 0 aliphatic heterocycles. The first kappa shape index (κ1) is 19.1. The van der Waals surface area contributed by atoms with E-state index in [4.69, 9.17) is 4.74 Å². The van der Waals surface area contributed by atoms with Crippen LogP contribution in [0.3, 0.4) is 0 Å². The topological polar surface area (TPSA) is 38.3 Å². The minimum atomic E-state index is -0.441. The van der Waals surface area contributed by atoms with Crippen LogP contribution in [0, 0.1) is 11.8 Å². The molecule has 25 heavy (non-hydrogen) atoms. The average Bonchev–Trinajstić information content (AvgIpc) is 3.09. The summed E-state index contributed by atoms with van der Waals surface area (Å²) in [5.74, 6) is 6.17. The Labute approximate surface area is 154 Å². The van der Waals surface area contributed by atoms with Crippen LogP contribution in [-0.2, 0) is 17.8 Å². The normalized spacial score (nSPS) is 9.96. The zero-order valence-corrected chi connectivity index (χ0v) is 15.5. The van der Waals surface area contributed by atoms with E-state index in [0.29, 0.717) is 6.54 Å². The van der Waals surface area contributed by atoms with E-state index < -0.39 is 6.09 Å². The lowest BCUT2D eigenvalue weighted by molar-refractivity contribution is 0.141. The summed E-state index contributed by atoms with van der Waals surface area (Å²) in [4.78, 5) is 12.8. The molecule has 4 heteroatoms. The Kier molecular flexibility index (Phi) is 8.65. The predicted octanol–water partition coefficient (Wildman–Crippen LogP) is 5.15. The summed E-state index contributed by atoms with van der Waals surface area (Å²) in [6, 6.07) is 11.8. The third kappa shape index (κ3) is 7.45. The Balaban J connectivity index is 1.70. The van der Waals surface area contributed by atoms with Crippen molar-refractivity contribution in [3.63, 3.8) is 0 Å². The van der Waals surface area contributed by atoms with E-state index in [0.717, 1.165) is 16.9 Å². The van der Waals surface area contributed by atoms with Crippen LogP contribution in [0.25, 0.3) is 0 Å². The van der Waals surface area contributed by atoms with Gasteiger partial charge in [-0.3, -0.25) is 0 Å². The number of rotatable bonds is 8. The van der Waals surface area contributed by atoms with Crippen molar-refractivity contribution < 1.29 is 9.53 Å². The van der Waals surface area contributed by atoms with Gasteiger partial charge in [0.25, 0.3) is 0 Å². The van der Waals surface area contributed by atoms with Gasteiger partial charge in [-0.2, -0.15) is 0 Å². The van der Waals surface area contributed by atoms with Gasteiger partial charge in [-0.05, 0) is 35.4 Å². The molecule has 0 spiro atoms. The molecule has 0 unspecified atom stereocenters. The first-order valence-corrected chi connectivity index (χ1v) is 9.67. The number of thiophene rings is 1. The van der Waals surface area contributed by atoms with Gasteiger partial charge in [-0.1, -0.05) is 68.4 Å². The van der Waals surface area contributed by atoms with Crippen molar-refractivity contribution in [1.82, 2.24) is 5.32 Å². The monoisotopic (exact) mass is 355 g/mol. The molecule has 1 N–H and O–H groups in total. The van der Waals surface area contributed by atoms with Gasteiger partial charge in [0.05, 0.1) is 11.4 Å². The molecular weight excluding hydrogens is 330 g/mol. The van der Waals surface area contributed by atoms with Gasteiger partial charge in [0, 0.05) is 0 Å². The van der Waals surface area contributed by atoms with Crippen molar-refractivity contribution in [2.24, 2.45) is 0 Å². The van der Waals surface area contributed by atoms with Crippen LogP contribution in [0.4, 0.5) is 4.79 Å². The van der Waals surface area contributed by atoms with Crippen LogP contribution < -0.4 is 5.32 Å². The summed E-state index contributed by atoms with van der Waals surface area (Å²) in [6.45, 7) is 2.78. The molecule has 1 aromatic heterocycles. The molecule has 3 nitrogen and oxygen atoms in total. The number of carbonyl (C=O) groups is 1. The number of benzene rings is 1. The fraction of sp³-hybridized carbons (Fsp3) is 0.381. The molecule has 0 saturated heterocycles. The standard InChI is InChI=1S/C21H25NO2S/c1-2-3-4-8-12-19-14-16-25-20(19)13-9-15-22-21(23)24-17-18-10-6-5-7-11-18/h5-7,10-11,14,16H,2-4,8,12,15,17H2,1H3,(H,22,23). The molecule has 0 bridgehead atoms. The molecule has 1 amide bonds. The second-order valence-electron chi connectivity index (χ2n) is 5.80. The molecule has 0 aliphatic rings. The lowest BCUT2D eigenvalue weighted by Gasteiger charge is -2.04. The summed E-state index contributed by atoms with van der Waals surface area (Å²) < 4.78 is 5.15. The van der Waals surface area contributed by atoms with Crippen LogP contribution in [0.5, 0.6) is 0 Å². The Morgan fingerprint density at radius 1 is 1.16 bits per heavy atom. The second-order valence-corrected chi connectivity index (χ2v) is 6.72. The van der Waals surface area contributed by atoms with Gasteiger partial charge in [-0.15, -0.1) is 11.3 Å². The van der Waals surface area contributed by atoms with Crippen LogP contribution in [-0.4, -0.2) is 12.6 Å². The van der Waals surface area contributed by atoms with E-state index in [1.54, 1.807) is 11.3 Å². The molecule has 0 fully saturated rings. The third-order valence-corrected chi connectivity index (χ3v) is 4.65.